The minimum Gasteiger partial charge on any atom is -0.506 e. The van der Waals surface area contributed by atoms with E-state index in [4.69, 9.17) is 4.74 Å². The van der Waals surface area contributed by atoms with E-state index in [1.807, 2.05) is 0 Å². The van der Waals surface area contributed by atoms with Gasteiger partial charge in [0.1, 0.15) is 11.6 Å². The van der Waals surface area contributed by atoms with Gasteiger partial charge in [0.25, 0.3) is 0 Å². The maximum absolute atomic E-state index is 12.8. The smallest absolute Gasteiger partial charge is 0.330 e. The van der Waals surface area contributed by atoms with E-state index in [9.17, 15) is 14.3 Å². The standard InChI is InChI=1S/C18H18FNO3/c1-20-16-8-4-14(12-17(16)21)5-9-18(22)23-11-10-13-2-6-15(19)7-3-13/h2-9,12,20-21H,10-11H2,1H3/b9-5+. The average molecular weight is 315 g/mol. The second-order valence-corrected chi connectivity index (χ2v) is 4.90. The van der Waals surface area contributed by atoms with Gasteiger partial charge in [-0.15, -0.1) is 0 Å². The third kappa shape index (κ3) is 5.14. The van der Waals surface area contributed by atoms with Crippen molar-refractivity contribution in [2.24, 2.45) is 0 Å². The Morgan fingerprint density at radius 1 is 1.26 bits per heavy atom. The van der Waals surface area contributed by atoms with Crippen molar-refractivity contribution in [3.8, 4) is 5.75 Å². The summed E-state index contributed by atoms with van der Waals surface area (Å²) in [5, 5.41) is 12.5. The minimum absolute atomic E-state index is 0.110. The highest BCUT2D eigenvalue weighted by atomic mass is 19.1. The molecule has 0 saturated heterocycles. The molecule has 23 heavy (non-hydrogen) atoms. The maximum Gasteiger partial charge on any atom is 0.330 e. The molecule has 0 aromatic heterocycles. The molecule has 4 nitrogen and oxygen atoms in total. The number of carbonyl (C=O) groups is 1. The molecule has 0 saturated carbocycles. The highest BCUT2D eigenvalue weighted by Crippen LogP contribution is 2.24. The number of phenolic OH excluding ortho intramolecular Hbond substituents is 1. The van der Waals surface area contributed by atoms with Crippen molar-refractivity contribution in [1.29, 1.82) is 0 Å². The van der Waals surface area contributed by atoms with Gasteiger partial charge in [0, 0.05) is 19.5 Å². The number of carbonyl (C=O) groups excluding carboxylic acids is 1. The lowest BCUT2D eigenvalue weighted by molar-refractivity contribution is -0.137. The van der Waals surface area contributed by atoms with Gasteiger partial charge in [0.05, 0.1) is 12.3 Å². The first-order chi connectivity index (χ1) is 11.1. The second-order valence-electron chi connectivity index (χ2n) is 4.90. The van der Waals surface area contributed by atoms with Crippen LogP contribution in [0, 0.1) is 5.82 Å². The van der Waals surface area contributed by atoms with E-state index in [0.717, 1.165) is 5.56 Å². The lowest BCUT2D eigenvalue weighted by atomic mass is 10.1. The van der Waals surface area contributed by atoms with Crippen LogP contribution in [-0.4, -0.2) is 24.7 Å². The average Bonchev–Trinajstić information content (AvgIpc) is 2.55. The van der Waals surface area contributed by atoms with Gasteiger partial charge in [-0.25, -0.2) is 9.18 Å². The number of hydrogen-bond acceptors (Lipinski definition) is 4. The molecule has 0 amide bonds. The number of halogens is 1. The maximum atomic E-state index is 12.8. The van der Waals surface area contributed by atoms with Crippen molar-refractivity contribution in [2.45, 2.75) is 6.42 Å². The van der Waals surface area contributed by atoms with Crippen LogP contribution in [0.1, 0.15) is 11.1 Å². The Bertz CT molecular complexity index is 696. The van der Waals surface area contributed by atoms with E-state index >= 15 is 0 Å². The zero-order chi connectivity index (χ0) is 16.7. The predicted octanol–water partition coefficient (Wildman–Crippen LogP) is 3.37. The fourth-order valence-corrected chi connectivity index (χ4v) is 2.00. The van der Waals surface area contributed by atoms with E-state index in [1.54, 1.807) is 43.5 Å². The van der Waals surface area contributed by atoms with Crippen LogP contribution < -0.4 is 5.32 Å². The number of rotatable bonds is 6. The van der Waals surface area contributed by atoms with Crippen molar-refractivity contribution in [2.75, 3.05) is 19.0 Å². The first kappa shape index (κ1) is 16.5. The molecular weight excluding hydrogens is 297 g/mol. The van der Waals surface area contributed by atoms with Crippen LogP contribution in [0.25, 0.3) is 6.08 Å². The van der Waals surface area contributed by atoms with Gasteiger partial charge in [0.2, 0.25) is 0 Å². The Hall–Kier alpha value is -2.82. The molecule has 2 N–H and O–H groups in total. The van der Waals surface area contributed by atoms with Crippen LogP contribution in [0.4, 0.5) is 10.1 Å². The monoisotopic (exact) mass is 315 g/mol. The van der Waals surface area contributed by atoms with E-state index in [2.05, 4.69) is 5.32 Å². The highest BCUT2D eigenvalue weighted by molar-refractivity contribution is 5.87. The third-order valence-electron chi connectivity index (χ3n) is 3.25. The van der Waals surface area contributed by atoms with E-state index in [-0.39, 0.29) is 18.2 Å². The fourth-order valence-electron chi connectivity index (χ4n) is 2.00. The summed E-state index contributed by atoms with van der Waals surface area (Å²) in [6.45, 7) is 0.221. The first-order valence-electron chi connectivity index (χ1n) is 7.18. The summed E-state index contributed by atoms with van der Waals surface area (Å²) in [5.41, 5.74) is 2.21. The SMILES string of the molecule is CNc1ccc(/C=C/C(=O)OCCc2ccc(F)cc2)cc1O. The van der Waals surface area contributed by atoms with Gasteiger partial charge in [-0.05, 0) is 41.5 Å². The normalized spacial score (nSPS) is 10.7. The van der Waals surface area contributed by atoms with Crippen molar-refractivity contribution >= 4 is 17.7 Å². The molecule has 5 heteroatoms. The molecule has 0 fully saturated rings. The van der Waals surface area contributed by atoms with E-state index < -0.39 is 5.97 Å². The summed E-state index contributed by atoms with van der Waals surface area (Å²) >= 11 is 0. The summed E-state index contributed by atoms with van der Waals surface area (Å²) in [4.78, 5) is 11.6. The molecule has 120 valence electrons. The number of aromatic hydroxyl groups is 1. The number of esters is 1. The van der Waals surface area contributed by atoms with Gasteiger partial charge in [-0.2, -0.15) is 0 Å². The van der Waals surface area contributed by atoms with Crippen molar-refractivity contribution in [1.82, 2.24) is 0 Å². The summed E-state index contributed by atoms with van der Waals surface area (Å²) in [5.74, 6) is -0.648. The Kier molecular flexibility index (Phi) is 5.74. The topological polar surface area (TPSA) is 58.6 Å². The number of benzene rings is 2. The van der Waals surface area contributed by atoms with Crippen LogP contribution >= 0.6 is 0 Å². The molecule has 0 unspecified atom stereocenters. The Morgan fingerprint density at radius 2 is 2.00 bits per heavy atom. The van der Waals surface area contributed by atoms with Crippen LogP contribution in [0.15, 0.2) is 48.5 Å². The van der Waals surface area contributed by atoms with Gasteiger partial charge in [-0.1, -0.05) is 18.2 Å². The zero-order valence-electron chi connectivity index (χ0n) is 12.8. The predicted molar refractivity (Wildman–Crippen MR) is 87.8 cm³/mol. The van der Waals surface area contributed by atoms with Crippen LogP contribution in [0.3, 0.4) is 0 Å². The Balaban J connectivity index is 1.82. The number of hydrogen-bond donors (Lipinski definition) is 2. The summed E-state index contributed by atoms with van der Waals surface area (Å²) in [7, 11) is 1.71. The molecule has 0 spiro atoms. The highest BCUT2D eigenvalue weighted by Gasteiger charge is 2.01. The molecule has 0 radical (unpaired) electrons. The van der Waals surface area contributed by atoms with E-state index in [1.165, 1.54) is 18.2 Å². The molecular formula is C18H18FNO3. The van der Waals surface area contributed by atoms with Crippen molar-refractivity contribution in [3.05, 3.63) is 65.5 Å². The quantitative estimate of drug-likeness (QED) is 0.487. The molecule has 0 aliphatic rings. The van der Waals surface area contributed by atoms with Gasteiger partial charge >= 0.3 is 5.97 Å². The molecule has 0 atom stereocenters. The Labute approximate surface area is 134 Å². The van der Waals surface area contributed by atoms with Crippen molar-refractivity contribution < 1.29 is 19.0 Å². The van der Waals surface area contributed by atoms with Gasteiger partial charge in [0.15, 0.2) is 0 Å². The molecule has 0 heterocycles. The van der Waals surface area contributed by atoms with E-state index in [0.29, 0.717) is 17.7 Å². The number of anilines is 1. The van der Waals surface area contributed by atoms with Crippen LogP contribution in [0.2, 0.25) is 0 Å². The zero-order valence-corrected chi connectivity index (χ0v) is 12.8. The fraction of sp³-hybridized carbons (Fsp3) is 0.167. The van der Waals surface area contributed by atoms with Crippen molar-refractivity contribution in [3.63, 3.8) is 0 Å². The Morgan fingerprint density at radius 3 is 2.65 bits per heavy atom. The van der Waals surface area contributed by atoms with Crippen LogP contribution in [-0.2, 0) is 16.0 Å². The number of ether oxygens (including phenoxy) is 1. The lowest BCUT2D eigenvalue weighted by Crippen LogP contribution is -2.04. The molecule has 0 aliphatic heterocycles. The van der Waals surface area contributed by atoms with Gasteiger partial charge in [-0.3, -0.25) is 0 Å². The number of nitrogens with one attached hydrogen (secondary N) is 1. The lowest BCUT2D eigenvalue weighted by Gasteiger charge is -2.04. The molecule has 2 aromatic carbocycles. The largest absolute Gasteiger partial charge is 0.506 e. The summed E-state index contributed by atoms with van der Waals surface area (Å²) < 4.78 is 17.8. The van der Waals surface area contributed by atoms with Gasteiger partial charge < -0.3 is 15.2 Å². The molecule has 0 bridgehead atoms. The second kappa shape index (κ2) is 7.98. The summed E-state index contributed by atoms with van der Waals surface area (Å²) in [6, 6.07) is 11.1. The van der Waals surface area contributed by atoms with Crippen LogP contribution in [0.5, 0.6) is 5.75 Å². The molecule has 2 rings (SSSR count). The molecule has 0 aliphatic carbocycles. The first-order valence-corrected chi connectivity index (χ1v) is 7.18. The molecule has 2 aromatic rings. The minimum atomic E-state index is -0.468. The number of phenols is 1. The third-order valence-corrected chi connectivity index (χ3v) is 3.25. The summed E-state index contributed by atoms with van der Waals surface area (Å²) in [6.07, 6.45) is 3.40.